The van der Waals surface area contributed by atoms with Crippen LogP contribution in [0.15, 0.2) is 24.3 Å². The summed E-state index contributed by atoms with van der Waals surface area (Å²) in [6.45, 7) is 8.25. The minimum atomic E-state index is -0.361. The molecule has 0 atom stereocenters. The molecule has 0 unspecified atom stereocenters. The summed E-state index contributed by atoms with van der Waals surface area (Å²) in [5.41, 5.74) is 1.21. The fourth-order valence-corrected chi connectivity index (χ4v) is 1.96. The van der Waals surface area contributed by atoms with Gasteiger partial charge in [-0.15, -0.1) is 0 Å². The molecule has 1 N–H and O–H groups in total. The molecule has 0 spiro atoms. The molecule has 1 aromatic carbocycles. The van der Waals surface area contributed by atoms with Gasteiger partial charge in [0, 0.05) is 12.0 Å². The maximum Gasteiger partial charge on any atom is 0.494 e. The van der Waals surface area contributed by atoms with E-state index < -0.39 is 0 Å². The van der Waals surface area contributed by atoms with Crippen molar-refractivity contribution in [3.8, 4) is 11.8 Å². The number of rotatable bonds is 2. The van der Waals surface area contributed by atoms with Gasteiger partial charge >= 0.3 is 7.12 Å². The second-order valence-electron chi connectivity index (χ2n) is 5.99. The zero-order chi connectivity index (χ0) is 14.8. The third-order valence-corrected chi connectivity index (χ3v) is 3.88. The lowest BCUT2D eigenvalue weighted by Crippen LogP contribution is -2.41. The Hall–Kier alpha value is -1.28. The van der Waals surface area contributed by atoms with E-state index in [1.54, 1.807) is 0 Å². The summed E-state index contributed by atoms with van der Waals surface area (Å²) >= 11 is 0. The van der Waals surface area contributed by atoms with E-state index in [4.69, 9.17) is 14.4 Å². The van der Waals surface area contributed by atoms with Gasteiger partial charge in [-0.2, -0.15) is 0 Å². The van der Waals surface area contributed by atoms with E-state index in [2.05, 4.69) is 11.8 Å². The maximum atomic E-state index is 8.74. The predicted molar refractivity (Wildman–Crippen MR) is 80.7 cm³/mol. The molecule has 1 saturated heterocycles. The van der Waals surface area contributed by atoms with Gasteiger partial charge in [0.15, 0.2) is 0 Å². The van der Waals surface area contributed by atoms with Crippen LogP contribution in [0.1, 0.15) is 39.7 Å². The number of benzene rings is 1. The summed E-state index contributed by atoms with van der Waals surface area (Å²) in [6.07, 6.45) is 0.487. The predicted octanol–water partition coefficient (Wildman–Crippen LogP) is 1.72. The highest BCUT2D eigenvalue weighted by Gasteiger charge is 2.51. The van der Waals surface area contributed by atoms with Crippen LogP contribution in [0.25, 0.3) is 0 Å². The molecule has 0 aromatic heterocycles. The Morgan fingerprint density at radius 2 is 1.80 bits per heavy atom. The molecule has 1 aliphatic heterocycles. The van der Waals surface area contributed by atoms with Crippen molar-refractivity contribution in [3.05, 3.63) is 29.8 Å². The van der Waals surface area contributed by atoms with Crippen molar-refractivity contribution in [2.75, 3.05) is 6.61 Å². The molecule has 0 amide bonds. The molecular weight excluding hydrogens is 251 g/mol. The Kier molecular flexibility index (Phi) is 4.24. The maximum absolute atomic E-state index is 8.74. The lowest BCUT2D eigenvalue weighted by Gasteiger charge is -2.32. The molecule has 3 nitrogen and oxygen atoms in total. The van der Waals surface area contributed by atoms with Gasteiger partial charge in [-0.05, 0) is 45.3 Å². The number of aliphatic hydroxyl groups excluding tert-OH is 1. The summed E-state index contributed by atoms with van der Waals surface area (Å²) in [7, 11) is -0.361. The molecule has 4 heteroatoms. The van der Waals surface area contributed by atoms with E-state index in [-0.39, 0.29) is 24.9 Å². The zero-order valence-corrected chi connectivity index (χ0v) is 12.6. The van der Waals surface area contributed by atoms with Gasteiger partial charge in [-0.1, -0.05) is 24.0 Å². The van der Waals surface area contributed by atoms with Gasteiger partial charge in [-0.25, -0.2) is 0 Å². The first-order valence-corrected chi connectivity index (χ1v) is 6.91. The van der Waals surface area contributed by atoms with Crippen molar-refractivity contribution in [3.63, 3.8) is 0 Å². The first kappa shape index (κ1) is 15.1. The molecule has 0 radical (unpaired) electrons. The van der Waals surface area contributed by atoms with Gasteiger partial charge in [0.2, 0.25) is 0 Å². The third-order valence-electron chi connectivity index (χ3n) is 3.88. The Morgan fingerprint density at radius 3 is 2.40 bits per heavy atom. The van der Waals surface area contributed by atoms with Crippen LogP contribution in [0.3, 0.4) is 0 Å². The quantitative estimate of drug-likeness (QED) is 0.658. The third kappa shape index (κ3) is 3.07. The Labute approximate surface area is 121 Å². The van der Waals surface area contributed by atoms with Crippen LogP contribution < -0.4 is 5.46 Å². The van der Waals surface area contributed by atoms with Crippen LogP contribution >= 0.6 is 0 Å². The SMILES string of the molecule is CC1(C)OB(c2cccc(C#CCCO)c2)OC1(C)C. The fraction of sp³-hybridized carbons (Fsp3) is 0.500. The topological polar surface area (TPSA) is 38.7 Å². The molecule has 106 valence electrons. The van der Waals surface area contributed by atoms with E-state index in [0.29, 0.717) is 6.42 Å². The van der Waals surface area contributed by atoms with Gasteiger partial charge < -0.3 is 14.4 Å². The normalized spacial score (nSPS) is 19.6. The van der Waals surface area contributed by atoms with E-state index in [0.717, 1.165) is 11.0 Å². The molecule has 2 rings (SSSR count). The molecule has 1 aliphatic rings. The smallest absolute Gasteiger partial charge is 0.399 e. The van der Waals surface area contributed by atoms with Gasteiger partial charge in [0.05, 0.1) is 17.8 Å². The monoisotopic (exact) mass is 272 g/mol. The van der Waals surface area contributed by atoms with Crippen molar-refractivity contribution in [1.82, 2.24) is 0 Å². The minimum absolute atomic E-state index is 0.0872. The largest absolute Gasteiger partial charge is 0.494 e. The van der Waals surface area contributed by atoms with Crippen molar-refractivity contribution in [2.45, 2.75) is 45.3 Å². The van der Waals surface area contributed by atoms with Gasteiger partial charge in [-0.3, -0.25) is 0 Å². The van der Waals surface area contributed by atoms with Gasteiger partial charge in [0.25, 0.3) is 0 Å². The molecule has 20 heavy (non-hydrogen) atoms. The van der Waals surface area contributed by atoms with Crippen molar-refractivity contribution >= 4 is 12.6 Å². The lowest BCUT2D eigenvalue weighted by atomic mass is 9.78. The highest BCUT2D eigenvalue weighted by atomic mass is 16.7. The Morgan fingerprint density at radius 1 is 1.15 bits per heavy atom. The summed E-state index contributed by atoms with van der Waals surface area (Å²) in [6, 6.07) is 7.86. The Balaban J connectivity index is 2.19. The highest BCUT2D eigenvalue weighted by molar-refractivity contribution is 6.62. The number of hydrogen-bond acceptors (Lipinski definition) is 3. The van der Waals surface area contributed by atoms with Gasteiger partial charge in [0.1, 0.15) is 0 Å². The minimum Gasteiger partial charge on any atom is -0.399 e. The van der Waals surface area contributed by atoms with E-state index >= 15 is 0 Å². The Bertz CT molecular complexity index is 524. The van der Waals surface area contributed by atoms with Crippen LogP contribution in [0.2, 0.25) is 0 Å². The van der Waals surface area contributed by atoms with E-state index in [1.165, 1.54) is 0 Å². The van der Waals surface area contributed by atoms with E-state index in [1.807, 2.05) is 52.0 Å². The lowest BCUT2D eigenvalue weighted by molar-refractivity contribution is 0.00578. The van der Waals surface area contributed by atoms with Crippen LogP contribution in [-0.4, -0.2) is 30.0 Å². The molecular formula is C16H21BO3. The first-order valence-electron chi connectivity index (χ1n) is 6.91. The average molecular weight is 272 g/mol. The van der Waals surface area contributed by atoms with Crippen molar-refractivity contribution in [1.29, 1.82) is 0 Å². The number of aliphatic hydroxyl groups is 1. The van der Waals surface area contributed by atoms with Crippen LogP contribution in [0.5, 0.6) is 0 Å². The average Bonchev–Trinajstić information content (AvgIpc) is 2.59. The zero-order valence-electron chi connectivity index (χ0n) is 12.6. The molecule has 1 aromatic rings. The first-order chi connectivity index (χ1) is 9.36. The highest BCUT2D eigenvalue weighted by Crippen LogP contribution is 2.36. The fourth-order valence-electron chi connectivity index (χ4n) is 1.96. The van der Waals surface area contributed by atoms with E-state index in [9.17, 15) is 0 Å². The second kappa shape index (κ2) is 5.61. The van der Waals surface area contributed by atoms with Crippen LogP contribution in [0.4, 0.5) is 0 Å². The summed E-state index contributed by atoms with van der Waals surface area (Å²) in [4.78, 5) is 0. The van der Waals surface area contributed by atoms with Crippen LogP contribution in [0, 0.1) is 11.8 Å². The molecule has 1 heterocycles. The molecule has 0 saturated carbocycles. The van der Waals surface area contributed by atoms with Crippen molar-refractivity contribution < 1.29 is 14.4 Å². The molecule has 0 bridgehead atoms. The van der Waals surface area contributed by atoms with Crippen molar-refractivity contribution in [2.24, 2.45) is 0 Å². The standard InChI is InChI=1S/C16H21BO3/c1-15(2)16(3,4)20-17(19-15)14-10-7-9-13(12-14)8-5-6-11-18/h7,9-10,12,18H,6,11H2,1-4H3. The summed E-state index contributed by atoms with van der Waals surface area (Å²) < 4.78 is 12.0. The summed E-state index contributed by atoms with van der Waals surface area (Å²) in [5.74, 6) is 5.95. The number of hydrogen-bond donors (Lipinski definition) is 1. The summed E-state index contributed by atoms with van der Waals surface area (Å²) in [5, 5.41) is 8.74. The molecule has 0 aliphatic carbocycles. The van der Waals surface area contributed by atoms with Crippen LogP contribution in [-0.2, 0) is 9.31 Å². The second-order valence-corrected chi connectivity index (χ2v) is 5.99. The molecule has 1 fully saturated rings.